The van der Waals surface area contributed by atoms with Crippen molar-refractivity contribution in [3.63, 3.8) is 0 Å². The Hall–Kier alpha value is -0.980. The third-order valence-electron chi connectivity index (χ3n) is 3.80. The van der Waals surface area contributed by atoms with Gasteiger partial charge in [-0.15, -0.1) is 0 Å². The molecule has 0 aliphatic carbocycles. The van der Waals surface area contributed by atoms with Crippen LogP contribution in [-0.2, 0) is 0 Å². The second kappa shape index (κ2) is 9.02. The van der Waals surface area contributed by atoms with Gasteiger partial charge in [0.15, 0.2) is 0 Å². The highest BCUT2D eigenvalue weighted by atomic mass is 15.1. The Kier molecular flexibility index (Phi) is 7.55. The van der Waals surface area contributed by atoms with Crippen molar-refractivity contribution in [2.45, 2.75) is 58.3 Å². The van der Waals surface area contributed by atoms with Crippen LogP contribution in [0.15, 0.2) is 36.1 Å². The average Bonchev–Trinajstić information content (AvgIpc) is 2.37. The molecule has 1 aliphatic rings. The molecule has 1 rings (SSSR count). The molecule has 0 aromatic rings. The molecule has 0 aromatic heterocycles. The molecular formula is C17H29N. The van der Waals surface area contributed by atoms with Crippen LogP contribution in [0.3, 0.4) is 0 Å². The van der Waals surface area contributed by atoms with E-state index in [-0.39, 0.29) is 0 Å². The third kappa shape index (κ3) is 5.12. The van der Waals surface area contributed by atoms with Gasteiger partial charge in [-0.05, 0) is 37.8 Å². The van der Waals surface area contributed by atoms with Crippen molar-refractivity contribution in [1.82, 2.24) is 4.90 Å². The Morgan fingerprint density at radius 3 is 2.22 bits per heavy atom. The quantitative estimate of drug-likeness (QED) is 0.625. The van der Waals surface area contributed by atoms with Crippen LogP contribution in [0, 0.1) is 0 Å². The van der Waals surface area contributed by atoms with Gasteiger partial charge in [0.05, 0.1) is 0 Å². The number of allylic oxidation sites excluding steroid dienone is 4. The summed E-state index contributed by atoms with van der Waals surface area (Å²) < 4.78 is 0. The number of rotatable bonds is 1. The first-order valence-electron chi connectivity index (χ1n) is 7.49. The lowest BCUT2D eigenvalue weighted by atomic mass is 10.00. The highest BCUT2D eigenvalue weighted by Crippen LogP contribution is 2.23. The monoisotopic (exact) mass is 247 g/mol. The maximum absolute atomic E-state index is 3.86. The van der Waals surface area contributed by atoms with Gasteiger partial charge in [0.1, 0.15) is 0 Å². The zero-order valence-electron chi connectivity index (χ0n) is 12.3. The van der Waals surface area contributed by atoms with Crippen molar-refractivity contribution < 1.29 is 0 Å². The molecule has 0 aromatic carbocycles. The highest BCUT2D eigenvalue weighted by molar-refractivity contribution is 5.31. The fourth-order valence-electron chi connectivity index (χ4n) is 2.68. The maximum Gasteiger partial charge on any atom is 0.0392 e. The predicted molar refractivity (Wildman–Crippen MR) is 81.6 cm³/mol. The molecule has 0 radical (unpaired) electrons. The van der Waals surface area contributed by atoms with E-state index in [0.29, 0.717) is 0 Å². The van der Waals surface area contributed by atoms with Gasteiger partial charge in [0, 0.05) is 19.3 Å². The maximum atomic E-state index is 3.86. The standard InChI is InChI=1S/C17H29N/c1-4-13-17-16(5-2)14-11-9-7-6-8-10-12-15-18(17)3/h4-5,13H,1,6-12,14-15H2,2-3H3/b16-5-,17-13?. The summed E-state index contributed by atoms with van der Waals surface area (Å²) in [4.78, 5) is 2.40. The highest BCUT2D eigenvalue weighted by Gasteiger charge is 2.09. The normalized spacial score (nSPS) is 24.7. The lowest BCUT2D eigenvalue weighted by Crippen LogP contribution is -2.20. The molecule has 0 bridgehead atoms. The summed E-state index contributed by atoms with van der Waals surface area (Å²) in [6.45, 7) is 7.18. The van der Waals surface area contributed by atoms with Crippen molar-refractivity contribution in [2.24, 2.45) is 0 Å². The van der Waals surface area contributed by atoms with Crippen LogP contribution in [0.2, 0.25) is 0 Å². The van der Waals surface area contributed by atoms with E-state index < -0.39 is 0 Å². The number of hydrogen-bond acceptors (Lipinski definition) is 1. The van der Waals surface area contributed by atoms with Gasteiger partial charge in [-0.1, -0.05) is 50.8 Å². The summed E-state index contributed by atoms with van der Waals surface area (Å²) in [5.41, 5.74) is 2.85. The van der Waals surface area contributed by atoms with Crippen molar-refractivity contribution in [3.05, 3.63) is 36.1 Å². The minimum Gasteiger partial charge on any atom is -0.374 e. The molecule has 1 aliphatic heterocycles. The molecule has 1 heterocycles. The SMILES string of the molecule is C=CC=C1/C(=C\C)CCCCCCCCCN1C. The van der Waals surface area contributed by atoms with Gasteiger partial charge in [-0.3, -0.25) is 0 Å². The van der Waals surface area contributed by atoms with Crippen molar-refractivity contribution in [3.8, 4) is 0 Å². The van der Waals surface area contributed by atoms with Gasteiger partial charge in [0.25, 0.3) is 0 Å². The Bertz CT molecular complexity index is 299. The van der Waals surface area contributed by atoms with Crippen molar-refractivity contribution >= 4 is 0 Å². The Morgan fingerprint density at radius 2 is 1.61 bits per heavy atom. The largest absolute Gasteiger partial charge is 0.374 e. The zero-order chi connectivity index (χ0) is 13.2. The van der Waals surface area contributed by atoms with E-state index in [9.17, 15) is 0 Å². The van der Waals surface area contributed by atoms with Gasteiger partial charge < -0.3 is 4.90 Å². The number of hydrogen-bond donors (Lipinski definition) is 0. The van der Waals surface area contributed by atoms with Crippen LogP contribution in [0.25, 0.3) is 0 Å². The number of likely N-dealkylation sites (N-methyl/N-ethyl adjacent to an activating group) is 1. The molecule has 1 saturated heterocycles. The van der Waals surface area contributed by atoms with E-state index in [4.69, 9.17) is 0 Å². The lowest BCUT2D eigenvalue weighted by Gasteiger charge is -2.25. The minimum absolute atomic E-state index is 1.16. The summed E-state index contributed by atoms with van der Waals surface area (Å²) in [7, 11) is 2.21. The van der Waals surface area contributed by atoms with Crippen LogP contribution in [0.5, 0.6) is 0 Å². The smallest absolute Gasteiger partial charge is 0.0392 e. The topological polar surface area (TPSA) is 3.24 Å². The molecule has 1 nitrogen and oxygen atoms in total. The molecule has 18 heavy (non-hydrogen) atoms. The molecule has 0 atom stereocenters. The first-order chi connectivity index (χ1) is 8.79. The van der Waals surface area contributed by atoms with Gasteiger partial charge >= 0.3 is 0 Å². The second-order valence-electron chi connectivity index (χ2n) is 5.25. The van der Waals surface area contributed by atoms with Gasteiger partial charge in [-0.25, -0.2) is 0 Å². The number of nitrogens with zero attached hydrogens (tertiary/aromatic N) is 1. The molecule has 0 N–H and O–H groups in total. The van der Waals surface area contributed by atoms with E-state index in [2.05, 4.69) is 37.6 Å². The second-order valence-corrected chi connectivity index (χ2v) is 5.25. The minimum atomic E-state index is 1.16. The molecule has 0 amide bonds. The van der Waals surface area contributed by atoms with Gasteiger partial charge in [-0.2, -0.15) is 0 Å². The predicted octanol–water partition coefficient (Wildman–Crippen LogP) is 5.07. The molecule has 0 saturated carbocycles. The van der Waals surface area contributed by atoms with Crippen LogP contribution in [-0.4, -0.2) is 18.5 Å². The molecule has 102 valence electrons. The fraction of sp³-hybridized carbons (Fsp3) is 0.647. The van der Waals surface area contributed by atoms with Gasteiger partial charge in [0.2, 0.25) is 0 Å². The van der Waals surface area contributed by atoms with Crippen LogP contribution >= 0.6 is 0 Å². The molecule has 0 unspecified atom stereocenters. The van der Waals surface area contributed by atoms with E-state index >= 15 is 0 Å². The fourth-order valence-corrected chi connectivity index (χ4v) is 2.68. The van der Waals surface area contributed by atoms with Crippen LogP contribution < -0.4 is 0 Å². The molecule has 1 heteroatoms. The first kappa shape index (κ1) is 15.1. The summed E-state index contributed by atoms with van der Waals surface area (Å²) >= 11 is 0. The zero-order valence-corrected chi connectivity index (χ0v) is 12.3. The summed E-state index contributed by atoms with van der Waals surface area (Å²) in [6.07, 6.45) is 17.2. The van der Waals surface area contributed by atoms with E-state index in [1.165, 1.54) is 62.6 Å². The average molecular weight is 247 g/mol. The Morgan fingerprint density at radius 1 is 1.00 bits per heavy atom. The van der Waals surface area contributed by atoms with Crippen LogP contribution in [0.4, 0.5) is 0 Å². The summed E-state index contributed by atoms with van der Waals surface area (Å²) in [6, 6.07) is 0. The van der Waals surface area contributed by atoms with Crippen LogP contribution in [0.1, 0.15) is 58.3 Å². The Balaban J connectivity index is 2.76. The van der Waals surface area contributed by atoms with E-state index in [1.54, 1.807) is 0 Å². The first-order valence-corrected chi connectivity index (χ1v) is 7.49. The summed E-state index contributed by atoms with van der Waals surface area (Å²) in [5, 5.41) is 0. The summed E-state index contributed by atoms with van der Waals surface area (Å²) in [5.74, 6) is 0. The molecule has 1 fully saturated rings. The van der Waals surface area contributed by atoms with Crippen molar-refractivity contribution in [1.29, 1.82) is 0 Å². The molecule has 0 spiro atoms. The van der Waals surface area contributed by atoms with E-state index in [0.717, 1.165) is 6.54 Å². The molecular weight excluding hydrogens is 218 g/mol. The van der Waals surface area contributed by atoms with Crippen molar-refractivity contribution in [2.75, 3.05) is 13.6 Å². The Labute approximate surface area is 113 Å². The van der Waals surface area contributed by atoms with E-state index in [1.807, 2.05) is 6.08 Å². The lowest BCUT2D eigenvalue weighted by molar-refractivity contribution is 0.396. The third-order valence-corrected chi connectivity index (χ3v) is 3.80.